The van der Waals surface area contributed by atoms with Gasteiger partial charge in [0.1, 0.15) is 5.92 Å². The quantitative estimate of drug-likeness (QED) is 0.550. The van der Waals surface area contributed by atoms with Crippen molar-refractivity contribution in [2.24, 2.45) is 11.7 Å². The van der Waals surface area contributed by atoms with Crippen molar-refractivity contribution < 1.29 is 9.59 Å². The molecule has 12 heavy (non-hydrogen) atoms. The van der Waals surface area contributed by atoms with Crippen LogP contribution in [0.15, 0.2) is 0 Å². The second kappa shape index (κ2) is 2.47. The molecular formula is C8H14N2O2. The second-order valence-corrected chi connectivity index (χ2v) is 3.87. The average Bonchev–Trinajstić information content (AvgIpc) is 2.14. The van der Waals surface area contributed by atoms with Gasteiger partial charge in [0, 0.05) is 12.6 Å². The van der Waals surface area contributed by atoms with E-state index in [2.05, 4.69) is 0 Å². The highest BCUT2D eigenvalue weighted by Crippen LogP contribution is 2.31. The lowest BCUT2D eigenvalue weighted by molar-refractivity contribution is -0.136. The van der Waals surface area contributed by atoms with Gasteiger partial charge in [-0.2, -0.15) is 0 Å². The van der Waals surface area contributed by atoms with Gasteiger partial charge in [0.2, 0.25) is 11.8 Å². The van der Waals surface area contributed by atoms with Crippen LogP contribution in [0, 0.1) is 5.92 Å². The predicted octanol–water partition coefficient (Wildman–Crippen LogP) is -0.271. The minimum Gasteiger partial charge on any atom is -0.369 e. The molecule has 1 unspecified atom stereocenters. The molecule has 2 N–H and O–H groups in total. The third-order valence-corrected chi connectivity index (χ3v) is 2.58. The maximum atomic E-state index is 11.4. The van der Waals surface area contributed by atoms with Crippen LogP contribution in [0.1, 0.15) is 20.3 Å². The van der Waals surface area contributed by atoms with E-state index in [1.165, 1.54) is 0 Å². The fourth-order valence-electron chi connectivity index (χ4n) is 1.48. The summed E-state index contributed by atoms with van der Waals surface area (Å²) >= 11 is 0. The van der Waals surface area contributed by atoms with Gasteiger partial charge in [0.25, 0.3) is 0 Å². The average molecular weight is 170 g/mol. The van der Waals surface area contributed by atoms with Gasteiger partial charge in [-0.3, -0.25) is 9.59 Å². The van der Waals surface area contributed by atoms with Gasteiger partial charge in [-0.05, 0) is 20.3 Å². The van der Waals surface area contributed by atoms with Gasteiger partial charge in [-0.1, -0.05) is 0 Å². The molecule has 1 fully saturated rings. The highest BCUT2D eigenvalue weighted by atomic mass is 16.2. The van der Waals surface area contributed by atoms with Crippen LogP contribution in [0.25, 0.3) is 0 Å². The molecule has 4 heteroatoms. The van der Waals surface area contributed by atoms with Crippen molar-refractivity contribution in [3.63, 3.8) is 0 Å². The topological polar surface area (TPSA) is 63.4 Å². The van der Waals surface area contributed by atoms with Crippen molar-refractivity contribution in [2.75, 3.05) is 7.05 Å². The zero-order valence-corrected chi connectivity index (χ0v) is 7.63. The molecule has 0 spiro atoms. The summed E-state index contributed by atoms with van der Waals surface area (Å²) in [6.45, 7) is 3.85. The summed E-state index contributed by atoms with van der Waals surface area (Å²) in [7, 11) is 1.70. The Morgan fingerprint density at radius 2 is 2.17 bits per heavy atom. The lowest BCUT2D eigenvalue weighted by Gasteiger charge is -2.26. The Morgan fingerprint density at radius 3 is 2.33 bits per heavy atom. The Morgan fingerprint density at radius 1 is 1.67 bits per heavy atom. The molecule has 0 radical (unpaired) electrons. The molecule has 4 nitrogen and oxygen atoms in total. The van der Waals surface area contributed by atoms with E-state index in [1.54, 1.807) is 11.9 Å². The van der Waals surface area contributed by atoms with Crippen LogP contribution in [-0.4, -0.2) is 29.3 Å². The van der Waals surface area contributed by atoms with Crippen LogP contribution < -0.4 is 5.73 Å². The van der Waals surface area contributed by atoms with E-state index in [0.717, 1.165) is 0 Å². The molecule has 1 rings (SSSR count). The van der Waals surface area contributed by atoms with E-state index < -0.39 is 11.8 Å². The molecule has 1 saturated heterocycles. The van der Waals surface area contributed by atoms with Crippen LogP contribution in [0.5, 0.6) is 0 Å². The predicted molar refractivity (Wildman–Crippen MR) is 44.2 cm³/mol. The van der Waals surface area contributed by atoms with E-state index in [4.69, 9.17) is 5.73 Å². The summed E-state index contributed by atoms with van der Waals surface area (Å²) < 4.78 is 0. The first-order chi connectivity index (χ1) is 5.36. The first-order valence-electron chi connectivity index (χ1n) is 3.93. The van der Waals surface area contributed by atoms with Gasteiger partial charge < -0.3 is 10.6 Å². The normalized spacial score (nSPS) is 27.8. The van der Waals surface area contributed by atoms with E-state index >= 15 is 0 Å². The van der Waals surface area contributed by atoms with E-state index in [9.17, 15) is 9.59 Å². The molecule has 68 valence electrons. The largest absolute Gasteiger partial charge is 0.369 e. The molecular weight excluding hydrogens is 156 g/mol. The number of likely N-dealkylation sites (tertiary alicyclic amines) is 1. The smallest absolute Gasteiger partial charge is 0.235 e. The zero-order valence-electron chi connectivity index (χ0n) is 7.63. The fraction of sp³-hybridized carbons (Fsp3) is 0.750. The summed E-state index contributed by atoms with van der Waals surface area (Å²) in [4.78, 5) is 23.8. The summed E-state index contributed by atoms with van der Waals surface area (Å²) in [5.41, 5.74) is 4.85. The summed E-state index contributed by atoms with van der Waals surface area (Å²) in [6.07, 6.45) is 0.525. The number of nitrogens with two attached hydrogens (primary N) is 1. The molecule has 1 aliphatic rings. The van der Waals surface area contributed by atoms with Gasteiger partial charge in [0.15, 0.2) is 0 Å². The number of hydrogen-bond acceptors (Lipinski definition) is 2. The number of amides is 2. The van der Waals surface area contributed by atoms with Gasteiger partial charge in [0.05, 0.1) is 0 Å². The number of hydrogen-bond donors (Lipinski definition) is 1. The summed E-state index contributed by atoms with van der Waals surface area (Å²) in [5, 5.41) is 0. The number of carbonyl (C=O) groups excluding carboxylic acids is 2. The van der Waals surface area contributed by atoms with Crippen molar-refractivity contribution in [2.45, 2.75) is 25.8 Å². The SMILES string of the molecule is CN1C(=O)C(C(N)=O)CC1(C)C. The van der Waals surface area contributed by atoms with Crippen LogP contribution in [-0.2, 0) is 9.59 Å². The number of nitrogens with zero attached hydrogens (tertiary/aromatic N) is 1. The van der Waals surface area contributed by atoms with Gasteiger partial charge in [-0.15, -0.1) is 0 Å². The monoisotopic (exact) mass is 170 g/mol. The van der Waals surface area contributed by atoms with Crippen LogP contribution in [0.2, 0.25) is 0 Å². The molecule has 1 atom stereocenters. The van der Waals surface area contributed by atoms with E-state index in [1.807, 2.05) is 13.8 Å². The zero-order chi connectivity index (χ0) is 9.52. The van der Waals surface area contributed by atoms with Gasteiger partial charge in [-0.25, -0.2) is 0 Å². The minimum absolute atomic E-state index is 0.160. The fourth-order valence-corrected chi connectivity index (χ4v) is 1.48. The molecule has 0 aromatic heterocycles. The molecule has 1 heterocycles. The van der Waals surface area contributed by atoms with Crippen LogP contribution >= 0.6 is 0 Å². The van der Waals surface area contributed by atoms with Crippen molar-refractivity contribution in [3.8, 4) is 0 Å². The second-order valence-electron chi connectivity index (χ2n) is 3.87. The van der Waals surface area contributed by atoms with Crippen molar-refractivity contribution >= 4 is 11.8 Å². The number of rotatable bonds is 1. The number of primary amides is 1. The Balaban J connectivity index is 2.89. The first kappa shape index (κ1) is 9.03. The standard InChI is InChI=1S/C8H14N2O2/c1-8(2)4-5(6(9)11)7(12)10(8)3/h5H,4H2,1-3H3,(H2,9,11). The molecule has 0 aromatic carbocycles. The Bertz CT molecular complexity index is 235. The summed E-state index contributed by atoms with van der Waals surface area (Å²) in [5.74, 6) is -1.30. The molecule has 2 amide bonds. The van der Waals surface area contributed by atoms with Gasteiger partial charge >= 0.3 is 0 Å². The molecule has 0 bridgehead atoms. The van der Waals surface area contributed by atoms with E-state index in [0.29, 0.717) is 6.42 Å². The molecule has 0 aromatic rings. The Hall–Kier alpha value is -1.06. The summed E-state index contributed by atoms with van der Waals surface area (Å²) in [6, 6.07) is 0. The maximum absolute atomic E-state index is 11.4. The van der Waals surface area contributed by atoms with E-state index in [-0.39, 0.29) is 11.4 Å². The van der Waals surface area contributed by atoms with Crippen LogP contribution in [0.3, 0.4) is 0 Å². The van der Waals surface area contributed by atoms with Crippen molar-refractivity contribution in [3.05, 3.63) is 0 Å². The third kappa shape index (κ3) is 1.17. The highest BCUT2D eigenvalue weighted by molar-refractivity contribution is 6.01. The highest BCUT2D eigenvalue weighted by Gasteiger charge is 2.45. The molecule has 1 aliphatic heterocycles. The van der Waals surface area contributed by atoms with Crippen molar-refractivity contribution in [1.29, 1.82) is 0 Å². The Kier molecular flexibility index (Phi) is 1.86. The number of carbonyl (C=O) groups is 2. The first-order valence-corrected chi connectivity index (χ1v) is 3.93. The lowest BCUT2D eigenvalue weighted by Crippen LogP contribution is -2.37. The lowest BCUT2D eigenvalue weighted by atomic mass is 9.96. The molecule has 0 aliphatic carbocycles. The maximum Gasteiger partial charge on any atom is 0.235 e. The van der Waals surface area contributed by atoms with Crippen LogP contribution in [0.4, 0.5) is 0 Å². The minimum atomic E-state index is -0.620. The third-order valence-electron chi connectivity index (χ3n) is 2.58. The van der Waals surface area contributed by atoms with Crippen molar-refractivity contribution in [1.82, 2.24) is 4.90 Å². The molecule has 0 saturated carbocycles. The Labute approximate surface area is 71.7 Å².